The Balaban J connectivity index is 1.92. The highest BCUT2D eigenvalue weighted by atomic mass is 19.1. The van der Waals surface area contributed by atoms with Gasteiger partial charge in [-0.3, -0.25) is 0 Å². The van der Waals surface area contributed by atoms with E-state index in [9.17, 15) is 9.50 Å². The first-order chi connectivity index (χ1) is 9.21. The molecule has 0 aromatic heterocycles. The van der Waals surface area contributed by atoms with E-state index in [1.807, 2.05) is 0 Å². The summed E-state index contributed by atoms with van der Waals surface area (Å²) in [7, 11) is 1.47. The molecule has 2 rings (SSSR count). The quantitative estimate of drug-likeness (QED) is 0.832. The van der Waals surface area contributed by atoms with Crippen molar-refractivity contribution in [3.63, 3.8) is 0 Å². The first kappa shape index (κ1) is 14.3. The van der Waals surface area contributed by atoms with Crippen LogP contribution in [0.3, 0.4) is 0 Å². The first-order valence-electron chi connectivity index (χ1n) is 6.84. The summed E-state index contributed by atoms with van der Waals surface area (Å²) in [6.45, 7) is 1.41. The maximum Gasteiger partial charge on any atom is 0.169 e. The molecule has 1 saturated carbocycles. The van der Waals surface area contributed by atoms with Gasteiger partial charge in [0.1, 0.15) is 0 Å². The zero-order valence-electron chi connectivity index (χ0n) is 11.4. The molecule has 1 aliphatic rings. The predicted octanol–water partition coefficient (Wildman–Crippen LogP) is 2.48. The van der Waals surface area contributed by atoms with Crippen molar-refractivity contribution in [1.29, 1.82) is 0 Å². The molecule has 0 heterocycles. The van der Waals surface area contributed by atoms with E-state index in [4.69, 9.17) is 4.74 Å². The van der Waals surface area contributed by atoms with Crippen molar-refractivity contribution >= 4 is 0 Å². The van der Waals surface area contributed by atoms with Gasteiger partial charge in [0.25, 0.3) is 0 Å². The molecule has 19 heavy (non-hydrogen) atoms. The second-order valence-corrected chi connectivity index (χ2v) is 5.40. The summed E-state index contributed by atoms with van der Waals surface area (Å²) in [6.07, 6.45) is 4.46. The van der Waals surface area contributed by atoms with E-state index in [0.717, 1.165) is 19.4 Å². The number of methoxy groups -OCH3 is 1. The fourth-order valence-corrected chi connectivity index (χ4v) is 2.83. The van der Waals surface area contributed by atoms with Crippen molar-refractivity contribution in [2.75, 3.05) is 20.3 Å². The largest absolute Gasteiger partial charge is 0.494 e. The first-order valence-corrected chi connectivity index (χ1v) is 6.84. The van der Waals surface area contributed by atoms with Gasteiger partial charge >= 0.3 is 0 Å². The molecule has 1 aromatic rings. The van der Waals surface area contributed by atoms with Gasteiger partial charge < -0.3 is 15.2 Å². The lowest BCUT2D eigenvalue weighted by atomic mass is 9.87. The Labute approximate surface area is 113 Å². The number of hydrogen-bond acceptors (Lipinski definition) is 3. The molecule has 1 fully saturated rings. The van der Waals surface area contributed by atoms with Gasteiger partial charge in [0.2, 0.25) is 0 Å². The summed E-state index contributed by atoms with van der Waals surface area (Å²) in [5.41, 5.74) is 0.598. The summed E-state index contributed by atoms with van der Waals surface area (Å²) in [5, 5.41) is 12.8. The summed E-state index contributed by atoms with van der Waals surface area (Å²) in [5.74, 6) is -0.0287. The number of nitrogens with one attached hydrogen (secondary N) is 1. The van der Waals surface area contributed by atoms with E-state index >= 15 is 0 Å². The molecular weight excluding hydrogens is 245 g/mol. The number of hydrogen-bond donors (Lipinski definition) is 2. The summed E-state index contributed by atoms with van der Waals surface area (Å²) >= 11 is 0. The third-order valence-corrected chi connectivity index (χ3v) is 4.08. The van der Waals surface area contributed by atoms with Gasteiger partial charge in [-0.15, -0.1) is 0 Å². The number of benzene rings is 1. The Kier molecular flexibility index (Phi) is 4.77. The van der Waals surface area contributed by atoms with Crippen LogP contribution in [0.2, 0.25) is 0 Å². The average Bonchev–Trinajstić information content (AvgIpc) is 2.90. The lowest BCUT2D eigenvalue weighted by molar-refractivity contribution is 0.128. The van der Waals surface area contributed by atoms with Crippen LogP contribution in [-0.4, -0.2) is 25.4 Å². The zero-order chi connectivity index (χ0) is 13.7. The Morgan fingerprint density at radius 2 is 2.11 bits per heavy atom. The van der Waals surface area contributed by atoms with Crippen LogP contribution in [0.4, 0.5) is 4.39 Å². The van der Waals surface area contributed by atoms with E-state index in [2.05, 4.69) is 5.32 Å². The van der Waals surface area contributed by atoms with Gasteiger partial charge in [0.15, 0.2) is 11.6 Å². The maximum absolute atomic E-state index is 13.9. The lowest BCUT2D eigenvalue weighted by Crippen LogP contribution is -2.35. The van der Waals surface area contributed by atoms with E-state index in [1.165, 1.54) is 20.0 Å². The monoisotopic (exact) mass is 267 g/mol. The molecule has 106 valence electrons. The van der Waals surface area contributed by atoms with Crippen molar-refractivity contribution in [1.82, 2.24) is 5.32 Å². The van der Waals surface area contributed by atoms with Crippen LogP contribution in [0.5, 0.6) is 5.75 Å². The van der Waals surface area contributed by atoms with Crippen molar-refractivity contribution in [3.05, 3.63) is 29.6 Å². The Morgan fingerprint density at radius 1 is 1.37 bits per heavy atom. The molecular formula is C15H22FNO2. The van der Waals surface area contributed by atoms with Gasteiger partial charge in [0.05, 0.1) is 7.11 Å². The van der Waals surface area contributed by atoms with Crippen LogP contribution < -0.4 is 10.1 Å². The average molecular weight is 267 g/mol. The molecule has 0 radical (unpaired) electrons. The van der Waals surface area contributed by atoms with Crippen LogP contribution in [0.25, 0.3) is 0 Å². The highest BCUT2D eigenvalue weighted by molar-refractivity contribution is 5.30. The van der Waals surface area contributed by atoms with E-state index in [-0.39, 0.29) is 23.6 Å². The molecule has 0 bridgehead atoms. The molecule has 1 aliphatic carbocycles. The highest BCUT2D eigenvalue weighted by Gasteiger charge is 2.32. The van der Waals surface area contributed by atoms with Crippen LogP contribution in [-0.2, 0) is 6.54 Å². The Hall–Kier alpha value is -1.13. The normalized spacial score (nSPS) is 17.6. The van der Waals surface area contributed by atoms with Crippen LogP contribution in [0, 0.1) is 11.2 Å². The zero-order valence-corrected chi connectivity index (χ0v) is 11.4. The molecule has 3 nitrogen and oxygen atoms in total. The van der Waals surface area contributed by atoms with Crippen molar-refractivity contribution in [2.45, 2.75) is 32.2 Å². The number of rotatable bonds is 6. The summed E-state index contributed by atoms with van der Waals surface area (Å²) in [6, 6.07) is 5.16. The van der Waals surface area contributed by atoms with E-state index < -0.39 is 0 Å². The fraction of sp³-hybridized carbons (Fsp3) is 0.600. The number of aliphatic hydroxyl groups excluding tert-OH is 1. The maximum atomic E-state index is 13.9. The third-order valence-electron chi connectivity index (χ3n) is 4.08. The Bertz CT molecular complexity index is 417. The summed E-state index contributed by atoms with van der Waals surface area (Å²) < 4.78 is 18.9. The summed E-state index contributed by atoms with van der Waals surface area (Å²) in [4.78, 5) is 0. The van der Waals surface area contributed by atoms with E-state index in [1.54, 1.807) is 18.2 Å². The van der Waals surface area contributed by atoms with Gasteiger partial charge in [-0.1, -0.05) is 25.0 Å². The third kappa shape index (κ3) is 3.25. The predicted molar refractivity (Wildman–Crippen MR) is 72.6 cm³/mol. The minimum absolute atomic E-state index is 0.00462. The molecule has 0 saturated heterocycles. The molecule has 0 atom stereocenters. The van der Waals surface area contributed by atoms with Gasteiger partial charge in [-0.05, 0) is 18.9 Å². The molecule has 0 aliphatic heterocycles. The molecule has 0 spiro atoms. The van der Waals surface area contributed by atoms with E-state index in [0.29, 0.717) is 12.1 Å². The molecule has 1 aromatic carbocycles. The highest BCUT2D eigenvalue weighted by Crippen LogP contribution is 2.37. The van der Waals surface area contributed by atoms with Crippen LogP contribution in [0.1, 0.15) is 31.2 Å². The van der Waals surface area contributed by atoms with Crippen LogP contribution >= 0.6 is 0 Å². The Morgan fingerprint density at radius 3 is 2.74 bits per heavy atom. The van der Waals surface area contributed by atoms with Crippen molar-refractivity contribution in [3.8, 4) is 5.75 Å². The molecule has 2 N–H and O–H groups in total. The molecule has 0 unspecified atom stereocenters. The number of halogens is 1. The van der Waals surface area contributed by atoms with Crippen LogP contribution in [0.15, 0.2) is 18.2 Å². The fourth-order valence-electron chi connectivity index (χ4n) is 2.83. The lowest BCUT2D eigenvalue weighted by Gasteiger charge is -2.26. The topological polar surface area (TPSA) is 41.5 Å². The van der Waals surface area contributed by atoms with Crippen molar-refractivity contribution in [2.24, 2.45) is 5.41 Å². The number of ether oxygens (including phenoxy) is 1. The smallest absolute Gasteiger partial charge is 0.169 e. The van der Waals surface area contributed by atoms with Gasteiger partial charge in [-0.25, -0.2) is 4.39 Å². The molecule has 4 heteroatoms. The SMILES string of the molecule is COc1cccc(CNCC2(CO)CCCC2)c1F. The minimum Gasteiger partial charge on any atom is -0.494 e. The van der Waals surface area contributed by atoms with Crippen molar-refractivity contribution < 1.29 is 14.2 Å². The van der Waals surface area contributed by atoms with Gasteiger partial charge in [0, 0.05) is 30.7 Å². The molecule has 0 amide bonds. The van der Waals surface area contributed by atoms with Gasteiger partial charge in [-0.2, -0.15) is 0 Å². The second-order valence-electron chi connectivity index (χ2n) is 5.40. The second kappa shape index (κ2) is 6.35. The standard InChI is InChI=1S/C15H22FNO2/c1-19-13-6-4-5-12(14(13)16)9-17-10-15(11-18)7-2-3-8-15/h4-6,17-18H,2-3,7-11H2,1H3. The minimum atomic E-state index is -0.304. The number of aliphatic hydroxyl groups is 1.